The van der Waals surface area contributed by atoms with Crippen LogP contribution >= 0.6 is 0 Å². The molecule has 2 rings (SSSR count). The second-order valence-corrected chi connectivity index (χ2v) is 3.46. The molecule has 1 fully saturated rings. The van der Waals surface area contributed by atoms with E-state index in [1.54, 1.807) is 24.8 Å². The zero-order chi connectivity index (χ0) is 10.1. The molecule has 1 heterocycles. The molecule has 14 heavy (non-hydrogen) atoms. The Kier molecular flexibility index (Phi) is 2.29. The molecule has 4 nitrogen and oxygen atoms in total. The first-order valence-corrected chi connectivity index (χ1v) is 4.69. The van der Waals surface area contributed by atoms with Gasteiger partial charge in [-0.05, 0) is 18.6 Å². The number of hydrogen-bond acceptors (Lipinski definition) is 3. The van der Waals surface area contributed by atoms with Crippen molar-refractivity contribution in [2.45, 2.75) is 18.6 Å². The van der Waals surface area contributed by atoms with Crippen molar-refractivity contribution in [2.75, 3.05) is 19.5 Å². The summed E-state index contributed by atoms with van der Waals surface area (Å²) in [6, 6.07) is 3.88. The minimum absolute atomic E-state index is 0.0274. The van der Waals surface area contributed by atoms with E-state index in [1.807, 2.05) is 12.3 Å². The predicted octanol–water partition coefficient (Wildman–Crippen LogP) is 0.850. The molecule has 1 aliphatic carbocycles. The van der Waals surface area contributed by atoms with Gasteiger partial charge in [0, 0.05) is 20.4 Å². The maximum Gasteiger partial charge on any atom is 0.274 e. The van der Waals surface area contributed by atoms with Crippen LogP contribution in [0.3, 0.4) is 0 Å². The predicted molar refractivity (Wildman–Crippen MR) is 54.7 cm³/mol. The molecule has 1 aromatic heterocycles. The van der Waals surface area contributed by atoms with Crippen molar-refractivity contribution in [1.29, 1.82) is 0 Å². The molecule has 0 aliphatic heterocycles. The van der Waals surface area contributed by atoms with Crippen LogP contribution in [0.15, 0.2) is 23.1 Å². The van der Waals surface area contributed by atoms with E-state index in [-0.39, 0.29) is 17.7 Å². The maximum absolute atomic E-state index is 11.8. The SMILES string of the molecule is CNc1cccn(C2CC2OC)c1=O. The summed E-state index contributed by atoms with van der Waals surface area (Å²) >= 11 is 0. The first-order valence-electron chi connectivity index (χ1n) is 4.69. The zero-order valence-corrected chi connectivity index (χ0v) is 8.36. The van der Waals surface area contributed by atoms with Crippen molar-refractivity contribution in [3.05, 3.63) is 28.7 Å². The van der Waals surface area contributed by atoms with Gasteiger partial charge in [0.2, 0.25) is 0 Å². The van der Waals surface area contributed by atoms with Gasteiger partial charge in [0.15, 0.2) is 0 Å². The van der Waals surface area contributed by atoms with Gasteiger partial charge in [0.25, 0.3) is 5.56 Å². The summed E-state index contributed by atoms with van der Waals surface area (Å²) in [7, 11) is 3.43. The molecule has 76 valence electrons. The fourth-order valence-corrected chi connectivity index (χ4v) is 1.67. The van der Waals surface area contributed by atoms with E-state index in [4.69, 9.17) is 4.74 Å². The fourth-order valence-electron chi connectivity index (χ4n) is 1.67. The summed E-state index contributed by atoms with van der Waals surface area (Å²) in [5.41, 5.74) is 0.661. The van der Waals surface area contributed by atoms with Gasteiger partial charge in [0.05, 0.1) is 12.1 Å². The Balaban J connectivity index is 2.31. The minimum Gasteiger partial charge on any atom is -0.384 e. The third-order valence-corrected chi connectivity index (χ3v) is 2.60. The lowest BCUT2D eigenvalue weighted by Gasteiger charge is -2.06. The van der Waals surface area contributed by atoms with E-state index in [0.717, 1.165) is 6.42 Å². The van der Waals surface area contributed by atoms with Crippen LogP contribution in [0.5, 0.6) is 0 Å². The number of aromatic nitrogens is 1. The molecule has 1 aliphatic rings. The average molecular weight is 194 g/mol. The highest BCUT2D eigenvalue weighted by molar-refractivity contribution is 5.39. The van der Waals surface area contributed by atoms with Crippen LogP contribution in [-0.2, 0) is 4.74 Å². The molecule has 2 unspecified atom stereocenters. The molecule has 1 saturated carbocycles. The molecule has 0 bridgehead atoms. The normalized spacial score (nSPS) is 24.7. The Morgan fingerprint density at radius 2 is 2.43 bits per heavy atom. The van der Waals surface area contributed by atoms with Crippen molar-refractivity contribution in [2.24, 2.45) is 0 Å². The third-order valence-electron chi connectivity index (χ3n) is 2.60. The molecule has 0 saturated heterocycles. The van der Waals surface area contributed by atoms with Crippen molar-refractivity contribution in [1.82, 2.24) is 4.57 Å². The van der Waals surface area contributed by atoms with Gasteiger partial charge < -0.3 is 14.6 Å². The average Bonchev–Trinajstić information content (AvgIpc) is 2.97. The molecule has 0 radical (unpaired) electrons. The van der Waals surface area contributed by atoms with Crippen molar-refractivity contribution in [3.8, 4) is 0 Å². The van der Waals surface area contributed by atoms with Crippen molar-refractivity contribution < 1.29 is 4.74 Å². The van der Waals surface area contributed by atoms with Gasteiger partial charge in [-0.3, -0.25) is 4.79 Å². The van der Waals surface area contributed by atoms with E-state index in [0.29, 0.717) is 5.69 Å². The highest BCUT2D eigenvalue weighted by atomic mass is 16.5. The second kappa shape index (κ2) is 3.46. The smallest absolute Gasteiger partial charge is 0.274 e. The number of nitrogens with one attached hydrogen (secondary N) is 1. The van der Waals surface area contributed by atoms with E-state index >= 15 is 0 Å². The van der Waals surface area contributed by atoms with E-state index < -0.39 is 0 Å². The molecule has 0 spiro atoms. The maximum atomic E-state index is 11.8. The minimum atomic E-state index is 0.0274. The van der Waals surface area contributed by atoms with Crippen molar-refractivity contribution in [3.63, 3.8) is 0 Å². The number of hydrogen-bond donors (Lipinski definition) is 1. The Morgan fingerprint density at radius 3 is 3.00 bits per heavy atom. The summed E-state index contributed by atoms with van der Waals surface area (Å²) < 4.78 is 6.91. The summed E-state index contributed by atoms with van der Waals surface area (Å²) in [4.78, 5) is 11.8. The molecule has 1 N–H and O–H groups in total. The van der Waals surface area contributed by atoms with Crippen LogP contribution in [-0.4, -0.2) is 24.8 Å². The molecular formula is C10H14N2O2. The Hall–Kier alpha value is -1.29. The van der Waals surface area contributed by atoms with Crippen molar-refractivity contribution >= 4 is 5.69 Å². The van der Waals surface area contributed by atoms with E-state index in [1.165, 1.54) is 0 Å². The number of rotatable bonds is 3. The summed E-state index contributed by atoms with van der Waals surface area (Å²) in [5.74, 6) is 0. The first-order chi connectivity index (χ1) is 6.77. The number of methoxy groups -OCH3 is 1. The lowest BCUT2D eigenvalue weighted by atomic mass is 10.4. The Morgan fingerprint density at radius 1 is 1.64 bits per heavy atom. The first kappa shape index (κ1) is 9.27. The van der Waals surface area contributed by atoms with Gasteiger partial charge in [0.1, 0.15) is 5.69 Å². The van der Waals surface area contributed by atoms with Gasteiger partial charge >= 0.3 is 0 Å². The van der Waals surface area contributed by atoms with Gasteiger partial charge in [-0.2, -0.15) is 0 Å². The van der Waals surface area contributed by atoms with Crippen LogP contribution in [0.1, 0.15) is 12.5 Å². The largest absolute Gasteiger partial charge is 0.384 e. The molecule has 0 aromatic carbocycles. The number of ether oxygens (including phenoxy) is 1. The topological polar surface area (TPSA) is 43.3 Å². The lowest BCUT2D eigenvalue weighted by molar-refractivity contribution is 0.169. The van der Waals surface area contributed by atoms with Crippen LogP contribution < -0.4 is 10.9 Å². The summed E-state index contributed by atoms with van der Waals surface area (Å²) in [5, 5.41) is 2.88. The zero-order valence-electron chi connectivity index (χ0n) is 8.36. The molecule has 0 amide bonds. The van der Waals surface area contributed by atoms with E-state index in [2.05, 4.69) is 5.32 Å². The standard InChI is InChI=1S/C10H14N2O2/c1-11-7-4-3-5-12(10(7)13)8-6-9(8)14-2/h3-5,8-9,11H,6H2,1-2H3. The third kappa shape index (κ3) is 1.42. The van der Waals surface area contributed by atoms with Crippen LogP contribution in [0.25, 0.3) is 0 Å². The summed E-state index contributed by atoms with van der Waals surface area (Å²) in [6.07, 6.45) is 2.95. The highest BCUT2D eigenvalue weighted by Crippen LogP contribution is 2.37. The number of pyridine rings is 1. The van der Waals surface area contributed by atoms with Crippen LogP contribution in [0.2, 0.25) is 0 Å². The monoisotopic (exact) mass is 194 g/mol. The Labute approximate surface area is 82.5 Å². The van der Waals surface area contributed by atoms with Gasteiger partial charge in [-0.15, -0.1) is 0 Å². The highest BCUT2D eigenvalue weighted by Gasteiger charge is 2.39. The number of nitrogens with zero attached hydrogens (tertiary/aromatic N) is 1. The van der Waals surface area contributed by atoms with Gasteiger partial charge in [-0.25, -0.2) is 0 Å². The second-order valence-electron chi connectivity index (χ2n) is 3.46. The molecule has 4 heteroatoms. The summed E-state index contributed by atoms with van der Waals surface area (Å²) in [6.45, 7) is 0. The van der Waals surface area contributed by atoms with Gasteiger partial charge in [-0.1, -0.05) is 0 Å². The van der Waals surface area contributed by atoms with E-state index in [9.17, 15) is 4.79 Å². The van der Waals surface area contributed by atoms with Crippen LogP contribution in [0, 0.1) is 0 Å². The quantitative estimate of drug-likeness (QED) is 0.775. The molecular weight excluding hydrogens is 180 g/mol. The lowest BCUT2D eigenvalue weighted by Crippen LogP contribution is -2.22. The molecule has 2 atom stereocenters. The molecule has 1 aromatic rings. The fraction of sp³-hybridized carbons (Fsp3) is 0.500. The van der Waals surface area contributed by atoms with Crippen LogP contribution in [0.4, 0.5) is 5.69 Å². The number of anilines is 1. The Bertz CT molecular complexity index is 386.